The molecule has 2 N–H and O–H groups in total. The van der Waals surface area contributed by atoms with Crippen LogP contribution in [0.2, 0.25) is 0 Å². The summed E-state index contributed by atoms with van der Waals surface area (Å²) in [6.07, 6.45) is 4.87. The Bertz CT molecular complexity index is 1880. The number of aryl methyl sites for hydroxylation is 1. The van der Waals surface area contributed by atoms with Crippen molar-refractivity contribution < 1.29 is 12.8 Å². The Hall–Kier alpha value is -4.44. The number of sulfone groups is 1. The van der Waals surface area contributed by atoms with Crippen LogP contribution in [-0.4, -0.2) is 50.6 Å². The molecule has 0 unspecified atom stereocenters. The van der Waals surface area contributed by atoms with Gasteiger partial charge in [-0.25, -0.2) is 22.8 Å². The third-order valence-electron chi connectivity index (χ3n) is 6.13. The number of aromatic nitrogens is 6. The molecule has 184 valence electrons. The van der Waals surface area contributed by atoms with E-state index in [0.29, 0.717) is 33.7 Å². The van der Waals surface area contributed by atoms with Crippen LogP contribution < -0.4 is 0 Å². The number of rotatable bonds is 6. The monoisotopic (exact) mass is 512 g/mol. The lowest BCUT2D eigenvalue weighted by molar-refractivity contribution is 0.600. The van der Waals surface area contributed by atoms with Crippen molar-refractivity contribution >= 4 is 31.9 Å². The normalized spacial score (nSPS) is 11.9. The Kier molecular flexibility index (Phi) is 5.53. The minimum Gasteiger partial charge on any atom is -0.336 e. The van der Waals surface area contributed by atoms with Gasteiger partial charge in [0.15, 0.2) is 11.5 Å². The van der Waals surface area contributed by atoms with Crippen LogP contribution in [0, 0.1) is 5.82 Å². The summed E-state index contributed by atoms with van der Waals surface area (Å²) in [5, 5.41) is 7.47. The van der Waals surface area contributed by atoms with Crippen molar-refractivity contribution in [3.8, 4) is 33.9 Å². The van der Waals surface area contributed by atoms with Gasteiger partial charge in [-0.15, -0.1) is 0 Å². The van der Waals surface area contributed by atoms with Crippen molar-refractivity contribution in [2.75, 3.05) is 12.0 Å². The standard InChI is InChI=1S/C27H21FN6O2S/c1-37(35,36)11-9-16-12-18(14-19(28)13-16)20-5-2-6-22-24(20)32-27(31-22)26-25-23(33-34-26)8-7-21(30-25)17-4-3-10-29-15-17/h2-8,10,12-15H,9,11H2,1H3,(H,31,32)(H,33,34). The fraction of sp³-hybridized carbons (Fsp3) is 0.111. The van der Waals surface area contributed by atoms with Crippen molar-refractivity contribution in [2.24, 2.45) is 0 Å². The predicted octanol–water partition coefficient (Wildman–Crippen LogP) is 4.96. The van der Waals surface area contributed by atoms with E-state index in [4.69, 9.17) is 9.97 Å². The van der Waals surface area contributed by atoms with Gasteiger partial charge in [-0.05, 0) is 60.0 Å². The average Bonchev–Trinajstić information content (AvgIpc) is 3.51. The highest BCUT2D eigenvalue weighted by atomic mass is 32.2. The first-order valence-electron chi connectivity index (χ1n) is 11.6. The van der Waals surface area contributed by atoms with Gasteiger partial charge >= 0.3 is 0 Å². The Balaban J connectivity index is 1.44. The van der Waals surface area contributed by atoms with E-state index < -0.39 is 15.7 Å². The van der Waals surface area contributed by atoms with Crippen LogP contribution in [0.4, 0.5) is 4.39 Å². The van der Waals surface area contributed by atoms with Gasteiger partial charge in [-0.3, -0.25) is 10.1 Å². The van der Waals surface area contributed by atoms with Crippen LogP contribution >= 0.6 is 0 Å². The number of pyridine rings is 2. The third-order valence-corrected chi connectivity index (χ3v) is 7.08. The largest absolute Gasteiger partial charge is 0.336 e. The summed E-state index contributed by atoms with van der Waals surface area (Å²) in [5.74, 6) is 0.0461. The predicted molar refractivity (Wildman–Crippen MR) is 141 cm³/mol. The fourth-order valence-corrected chi connectivity index (χ4v) is 4.98. The number of nitrogens with zero attached hydrogens (tertiary/aromatic N) is 4. The van der Waals surface area contributed by atoms with E-state index in [9.17, 15) is 12.8 Å². The first-order chi connectivity index (χ1) is 17.8. The van der Waals surface area contributed by atoms with Crippen LogP contribution in [0.25, 0.3) is 56.0 Å². The molecule has 0 spiro atoms. The zero-order valence-corrected chi connectivity index (χ0v) is 20.6. The van der Waals surface area contributed by atoms with Gasteiger partial charge in [0, 0.05) is 29.8 Å². The number of aromatic amines is 2. The van der Waals surface area contributed by atoms with Crippen molar-refractivity contribution in [1.29, 1.82) is 0 Å². The molecule has 0 fully saturated rings. The summed E-state index contributed by atoms with van der Waals surface area (Å²) >= 11 is 0. The number of halogens is 1. The maximum atomic E-state index is 14.5. The number of H-pyrrole nitrogens is 2. The molecule has 0 bridgehead atoms. The van der Waals surface area contributed by atoms with E-state index in [1.54, 1.807) is 12.4 Å². The number of nitrogens with one attached hydrogen (secondary N) is 2. The second-order valence-electron chi connectivity index (χ2n) is 8.92. The summed E-state index contributed by atoms with van der Waals surface area (Å²) in [4.78, 5) is 17.1. The van der Waals surface area contributed by atoms with Crippen molar-refractivity contribution in [3.63, 3.8) is 0 Å². The molecule has 0 amide bonds. The molecule has 4 aromatic heterocycles. The molecular weight excluding hydrogens is 491 g/mol. The van der Waals surface area contributed by atoms with Crippen molar-refractivity contribution in [3.05, 3.63) is 84.4 Å². The molecule has 6 aromatic rings. The molecule has 10 heteroatoms. The summed E-state index contributed by atoms with van der Waals surface area (Å²) in [7, 11) is -3.17. The second-order valence-corrected chi connectivity index (χ2v) is 11.2. The van der Waals surface area contributed by atoms with Gasteiger partial charge in [0.1, 0.15) is 21.2 Å². The van der Waals surface area contributed by atoms with Crippen LogP contribution in [0.1, 0.15) is 5.56 Å². The van der Waals surface area contributed by atoms with Crippen molar-refractivity contribution in [1.82, 2.24) is 30.1 Å². The summed E-state index contributed by atoms with van der Waals surface area (Å²) < 4.78 is 37.7. The molecule has 0 radical (unpaired) electrons. The first-order valence-corrected chi connectivity index (χ1v) is 13.6. The van der Waals surface area contributed by atoms with Gasteiger partial charge in [0.05, 0.1) is 28.0 Å². The molecule has 8 nitrogen and oxygen atoms in total. The van der Waals surface area contributed by atoms with E-state index in [0.717, 1.165) is 27.9 Å². The topological polar surface area (TPSA) is 117 Å². The molecule has 0 aliphatic heterocycles. The van der Waals surface area contributed by atoms with Crippen molar-refractivity contribution in [2.45, 2.75) is 6.42 Å². The van der Waals surface area contributed by atoms with Crippen LogP contribution in [0.5, 0.6) is 0 Å². The lowest BCUT2D eigenvalue weighted by atomic mass is 10.0. The van der Waals surface area contributed by atoms with Gasteiger partial charge in [-0.1, -0.05) is 18.2 Å². The Morgan fingerprint density at radius 2 is 1.81 bits per heavy atom. The SMILES string of the molecule is CS(=O)(=O)CCc1cc(F)cc(-c2cccc3[nH]c(-c4n[nH]c5ccc(-c6cccnc6)nc45)nc23)c1. The zero-order valence-electron chi connectivity index (χ0n) is 19.7. The van der Waals surface area contributed by atoms with E-state index in [1.165, 1.54) is 18.4 Å². The molecule has 0 saturated heterocycles. The quantitative estimate of drug-likeness (QED) is 0.326. The highest BCUT2D eigenvalue weighted by Gasteiger charge is 2.17. The van der Waals surface area contributed by atoms with Gasteiger partial charge in [0.25, 0.3) is 0 Å². The van der Waals surface area contributed by atoms with Gasteiger partial charge in [0.2, 0.25) is 0 Å². The smallest absolute Gasteiger partial charge is 0.161 e. The molecule has 0 aliphatic rings. The molecule has 0 atom stereocenters. The number of hydrogen-bond acceptors (Lipinski definition) is 6. The third kappa shape index (κ3) is 4.58. The lowest BCUT2D eigenvalue weighted by Gasteiger charge is -2.07. The molecule has 0 aliphatic carbocycles. The number of fused-ring (bicyclic) bond motifs is 2. The Morgan fingerprint density at radius 3 is 2.62 bits per heavy atom. The van der Waals surface area contributed by atoms with E-state index in [-0.39, 0.29) is 12.2 Å². The zero-order chi connectivity index (χ0) is 25.6. The molecule has 0 saturated carbocycles. The molecule has 4 heterocycles. The lowest BCUT2D eigenvalue weighted by Crippen LogP contribution is -2.06. The maximum Gasteiger partial charge on any atom is 0.161 e. The average molecular weight is 513 g/mol. The Labute approximate surface area is 211 Å². The maximum absolute atomic E-state index is 14.5. The number of benzene rings is 2. The molecule has 6 rings (SSSR count). The minimum absolute atomic E-state index is 0.0487. The highest BCUT2D eigenvalue weighted by Crippen LogP contribution is 2.32. The van der Waals surface area contributed by atoms with Crippen LogP contribution in [-0.2, 0) is 16.3 Å². The number of hydrogen-bond donors (Lipinski definition) is 2. The fourth-order valence-electron chi connectivity index (χ4n) is 4.37. The number of imidazole rings is 1. The van der Waals surface area contributed by atoms with Gasteiger partial charge < -0.3 is 4.98 Å². The van der Waals surface area contributed by atoms with Crippen LogP contribution in [0.15, 0.2) is 73.1 Å². The molecule has 2 aromatic carbocycles. The summed E-state index contributed by atoms with van der Waals surface area (Å²) in [5.41, 5.74) is 7.02. The molecule has 37 heavy (non-hydrogen) atoms. The molecular formula is C27H21FN6O2S. The van der Waals surface area contributed by atoms with Crippen LogP contribution in [0.3, 0.4) is 0 Å². The highest BCUT2D eigenvalue weighted by molar-refractivity contribution is 7.90. The first kappa shape index (κ1) is 23.0. The summed E-state index contributed by atoms with van der Waals surface area (Å²) in [6, 6.07) is 17.8. The number of para-hydroxylation sites is 1. The second kappa shape index (κ2) is 8.90. The summed E-state index contributed by atoms with van der Waals surface area (Å²) in [6.45, 7) is 0. The Morgan fingerprint density at radius 1 is 0.919 bits per heavy atom. The van der Waals surface area contributed by atoms with E-state index in [1.807, 2.05) is 48.5 Å². The van der Waals surface area contributed by atoms with E-state index >= 15 is 0 Å². The van der Waals surface area contributed by atoms with Gasteiger partial charge in [-0.2, -0.15) is 5.10 Å². The minimum atomic E-state index is -3.17. The van der Waals surface area contributed by atoms with E-state index in [2.05, 4.69) is 20.2 Å².